The van der Waals surface area contributed by atoms with Crippen LogP contribution in [0.25, 0.3) is 0 Å². The number of aryl methyl sites for hydroxylation is 1. The standard InChI is InChI=1S/C26H37N5O5/c1-5-6-7-18-8-10-20(11-9-18)30-16-19(14-21(30)32)25(34)29(12-13-36-4)22-23(27)31(15-17(2)3)26(35)28-24(22)33/h8-11,17,19H,5-7,12-16,27H2,1-4H3,(H,28,33,35). The summed E-state index contributed by atoms with van der Waals surface area (Å²) in [5.41, 5.74) is 6.75. The number of hydrogen-bond donors (Lipinski definition) is 2. The highest BCUT2D eigenvalue weighted by atomic mass is 16.5. The Labute approximate surface area is 211 Å². The molecular formula is C26H37N5O5. The first-order chi connectivity index (χ1) is 17.2. The molecule has 10 nitrogen and oxygen atoms in total. The molecule has 1 fully saturated rings. The maximum Gasteiger partial charge on any atom is 0.330 e. The predicted octanol–water partition coefficient (Wildman–Crippen LogP) is 2.15. The maximum atomic E-state index is 13.7. The van der Waals surface area contributed by atoms with Gasteiger partial charge in [-0.15, -0.1) is 0 Å². The van der Waals surface area contributed by atoms with Crippen molar-refractivity contribution >= 4 is 29.0 Å². The fourth-order valence-corrected chi connectivity index (χ4v) is 4.47. The number of aromatic amines is 1. The third-order valence-electron chi connectivity index (χ3n) is 6.36. The zero-order chi connectivity index (χ0) is 26.4. The van der Waals surface area contributed by atoms with Crippen molar-refractivity contribution in [3.05, 3.63) is 50.7 Å². The number of unbranched alkanes of at least 4 members (excludes halogenated alkanes) is 1. The van der Waals surface area contributed by atoms with Crippen LogP contribution in [-0.2, 0) is 27.3 Å². The zero-order valence-corrected chi connectivity index (χ0v) is 21.6. The molecular weight excluding hydrogens is 462 g/mol. The molecule has 0 radical (unpaired) electrons. The van der Waals surface area contributed by atoms with Gasteiger partial charge in [0.25, 0.3) is 5.56 Å². The molecule has 1 aromatic heterocycles. The average molecular weight is 500 g/mol. The Bertz CT molecular complexity index is 1180. The molecule has 0 aliphatic carbocycles. The molecule has 1 aromatic carbocycles. The summed E-state index contributed by atoms with van der Waals surface area (Å²) in [7, 11) is 1.49. The molecule has 3 N–H and O–H groups in total. The van der Waals surface area contributed by atoms with Gasteiger partial charge >= 0.3 is 5.69 Å². The van der Waals surface area contributed by atoms with Gasteiger partial charge in [-0.1, -0.05) is 39.3 Å². The van der Waals surface area contributed by atoms with E-state index < -0.39 is 23.1 Å². The molecule has 0 saturated carbocycles. The summed E-state index contributed by atoms with van der Waals surface area (Å²) in [5, 5.41) is 0. The van der Waals surface area contributed by atoms with Crippen LogP contribution >= 0.6 is 0 Å². The summed E-state index contributed by atoms with van der Waals surface area (Å²) < 4.78 is 6.43. The van der Waals surface area contributed by atoms with Crippen LogP contribution < -0.4 is 26.8 Å². The van der Waals surface area contributed by atoms with Crippen LogP contribution in [0.4, 0.5) is 17.2 Å². The highest BCUT2D eigenvalue weighted by Crippen LogP contribution is 2.29. The summed E-state index contributed by atoms with van der Waals surface area (Å²) in [5.74, 6) is -1.23. The molecule has 3 rings (SSSR count). The highest BCUT2D eigenvalue weighted by Gasteiger charge is 2.39. The second-order valence-electron chi connectivity index (χ2n) is 9.66. The molecule has 36 heavy (non-hydrogen) atoms. The summed E-state index contributed by atoms with van der Waals surface area (Å²) in [4.78, 5) is 56.9. The molecule has 1 aliphatic rings. The number of carbonyl (C=O) groups is 2. The lowest BCUT2D eigenvalue weighted by Crippen LogP contribution is -2.45. The Kier molecular flexibility index (Phi) is 9.08. The SMILES string of the molecule is CCCCc1ccc(N2CC(C(=O)N(CCOC)c3c(N)n(CC(C)C)c(=O)[nH]c3=O)CC2=O)cc1. The normalized spacial score (nSPS) is 15.6. The molecule has 196 valence electrons. The molecule has 2 amide bonds. The van der Waals surface area contributed by atoms with E-state index in [2.05, 4.69) is 11.9 Å². The second kappa shape index (κ2) is 12.0. The molecule has 2 aromatic rings. The van der Waals surface area contributed by atoms with Crippen molar-refractivity contribution in [2.24, 2.45) is 11.8 Å². The molecule has 1 aliphatic heterocycles. The topological polar surface area (TPSA) is 131 Å². The largest absolute Gasteiger partial charge is 0.383 e. The third kappa shape index (κ3) is 6.04. The fraction of sp³-hybridized carbons (Fsp3) is 0.538. The molecule has 1 saturated heterocycles. The number of nitrogens with one attached hydrogen (secondary N) is 1. The zero-order valence-electron chi connectivity index (χ0n) is 21.6. The Morgan fingerprint density at radius 1 is 1.22 bits per heavy atom. The number of hydrogen-bond acceptors (Lipinski definition) is 6. The van der Waals surface area contributed by atoms with E-state index in [1.165, 1.54) is 22.1 Å². The van der Waals surface area contributed by atoms with Crippen molar-refractivity contribution in [2.75, 3.05) is 42.3 Å². The fourth-order valence-electron chi connectivity index (χ4n) is 4.47. The first-order valence-corrected chi connectivity index (χ1v) is 12.5. The first kappa shape index (κ1) is 27.2. The average Bonchev–Trinajstić information content (AvgIpc) is 3.23. The van der Waals surface area contributed by atoms with Crippen molar-refractivity contribution in [1.82, 2.24) is 9.55 Å². The van der Waals surface area contributed by atoms with Crippen molar-refractivity contribution in [3.63, 3.8) is 0 Å². The Balaban J connectivity index is 1.89. The minimum absolute atomic E-state index is 0.0172. The highest BCUT2D eigenvalue weighted by molar-refractivity contribution is 6.05. The number of nitrogens with zero attached hydrogens (tertiary/aromatic N) is 3. The van der Waals surface area contributed by atoms with Gasteiger partial charge in [-0.2, -0.15) is 0 Å². The van der Waals surface area contributed by atoms with Crippen LogP contribution in [-0.4, -0.2) is 48.2 Å². The van der Waals surface area contributed by atoms with Crippen molar-refractivity contribution < 1.29 is 14.3 Å². The number of nitrogens with two attached hydrogens (primary N) is 1. The lowest BCUT2D eigenvalue weighted by atomic mass is 10.1. The summed E-state index contributed by atoms with van der Waals surface area (Å²) in [6, 6.07) is 7.83. The van der Waals surface area contributed by atoms with E-state index in [0.29, 0.717) is 0 Å². The van der Waals surface area contributed by atoms with Crippen molar-refractivity contribution in [2.45, 2.75) is 53.0 Å². The number of methoxy groups -OCH3 is 1. The van der Waals surface area contributed by atoms with E-state index in [4.69, 9.17) is 10.5 Å². The van der Waals surface area contributed by atoms with Crippen LogP contribution in [0.5, 0.6) is 0 Å². The van der Waals surface area contributed by atoms with Gasteiger partial charge < -0.3 is 20.3 Å². The van der Waals surface area contributed by atoms with E-state index >= 15 is 0 Å². The molecule has 0 spiro atoms. The van der Waals surface area contributed by atoms with Gasteiger partial charge in [0.05, 0.1) is 12.5 Å². The Morgan fingerprint density at radius 3 is 2.53 bits per heavy atom. The monoisotopic (exact) mass is 499 g/mol. The molecule has 0 bridgehead atoms. The van der Waals surface area contributed by atoms with Crippen LogP contribution in [0, 0.1) is 11.8 Å². The number of amides is 2. The number of H-pyrrole nitrogens is 1. The van der Waals surface area contributed by atoms with Gasteiger partial charge in [0.2, 0.25) is 11.8 Å². The molecule has 10 heteroatoms. The molecule has 1 unspecified atom stereocenters. The van der Waals surface area contributed by atoms with Gasteiger partial charge in [0.15, 0.2) is 5.69 Å². The summed E-state index contributed by atoms with van der Waals surface area (Å²) in [6.45, 7) is 6.66. The van der Waals surface area contributed by atoms with E-state index in [0.717, 1.165) is 24.9 Å². The minimum atomic E-state index is -0.745. The predicted molar refractivity (Wildman–Crippen MR) is 140 cm³/mol. The first-order valence-electron chi connectivity index (χ1n) is 12.5. The maximum absolute atomic E-state index is 13.7. The number of aromatic nitrogens is 2. The number of ether oxygens (including phenoxy) is 1. The summed E-state index contributed by atoms with van der Waals surface area (Å²) >= 11 is 0. The lowest BCUT2D eigenvalue weighted by molar-refractivity contribution is -0.124. The van der Waals surface area contributed by atoms with Crippen LogP contribution in [0.15, 0.2) is 33.9 Å². The van der Waals surface area contributed by atoms with E-state index in [9.17, 15) is 19.2 Å². The van der Waals surface area contributed by atoms with Crippen molar-refractivity contribution in [3.8, 4) is 0 Å². The van der Waals surface area contributed by atoms with Gasteiger partial charge in [-0.3, -0.25) is 23.9 Å². The van der Waals surface area contributed by atoms with Crippen molar-refractivity contribution in [1.29, 1.82) is 0 Å². The Morgan fingerprint density at radius 2 is 1.92 bits per heavy atom. The number of carbonyl (C=O) groups excluding carboxylic acids is 2. The minimum Gasteiger partial charge on any atom is -0.383 e. The quantitative estimate of drug-likeness (QED) is 0.487. The van der Waals surface area contributed by atoms with Gasteiger partial charge in [-0.05, 0) is 36.5 Å². The Hall–Kier alpha value is -3.40. The molecule has 2 heterocycles. The van der Waals surface area contributed by atoms with E-state index in [1.807, 2.05) is 38.1 Å². The third-order valence-corrected chi connectivity index (χ3v) is 6.36. The lowest BCUT2D eigenvalue weighted by Gasteiger charge is -2.27. The summed E-state index contributed by atoms with van der Waals surface area (Å²) in [6.07, 6.45) is 3.21. The van der Waals surface area contributed by atoms with Crippen LogP contribution in [0.1, 0.15) is 45.6 Å². The number of anilines is 3. The number of rotatable bonds is 11. The van der Waals surface area contributed by atoms with Gasteiger partial charge in [0.1, 0.15) is 5.82 Å². The second-order valence-corrected chi connectivity index (χ2v) is 9.66. The van der Waals surface area contributed by atoms with E-state index in [-0.39, 0.29) is 56.0 Å². The van der Waals surface area contributed by atoms with Gasteiger partial charge in [0, 0.05) is 38.9 Å². The number of benzene rings is 1. The number of nitrogen functional groups attached to an aromatic ring is 1. The van der Waals surface area contributed by atoms with Gasteiger partial charge in [-0.25, -0.2) is 4.79 Å². The smallest absolute Gasteiger partial charge is 0.330 e. The van der Waals surface area contributed by atoms with Crippen LogP contribution in [0.3, 0.4) is 0 Å². The molecule has 1 atom stereocenters. The van der Waals surface area contributed by atoms with Crippen LogP contribution in [0.2, 0.25) is 0 Å². The van der Waals surface area contributed by atoms with E-state index in [1.54, 1.807) is 4.90 Å².